The minimum atomic E-state index is -0.451. The van der Waals surface area contributed by atoms with Crippen molar-refractivity contribution in [3.8, 4) is 0 Å². The molecule has 0 radical (unpaired) electrons. The van der Waals surface area contributed by atoms with Gasteiger partial charge in [0.15, 0.2) is 0 Å². The molecule has 0 aliphatic carbocycles. The summed E-state index contributed by atoms with van der Waals surface area (Å²) in [5.74, 6) is 0.0831. The molecule has 1 saturated heterocycles. The Hall–Kier alpha value is -1.30. The fourth-order valence-electron chi connectivity index (χ4n) is 1.81. The molecule has 6 heteroatoms. The van der Waals surface area contributed by atoms with Crippen LogP contribution in [0.1, 0.15) is 13.8 Å². The molecule has 1 unspecified atom stereocenters. The third-order valence-electron chi connectivity index (χ3n) is 2.88. The van der Waals surface area contributed by atoms with Crippen molar-refractivity contribution in [2.75, 3.05) is 33.2 Å². The lowest BCUT2D eigenvalue weighted by Gasteiger charge is -2.32. The molecule has 1 aliphatic rings. The first-order valence-corrected chi connectivity index (χ1v) is 6.04. The first-order chi connectivity index (χ1) is 8.06. The number of nitrogens with zero attached hydrogens (tertiary/aromatic N) is 1. The lowest BCUT2D eigenvalue weighted by Crippen LogP contribution is -2.56. The van der Waals surface area contributed by atoms with Crippen molar-refractivity contribution in [3.05, 3.63) is 0 Å². The molecule has 0 aromatic heterocycles. The maximum atomic E-state index is 12.2. The molecule has 0 saturated carbocycles. The van der Waals surface area contributed by atoms with Gasteiger partial charge in [0, 0.05) is 33.2 Å². The number of amides is 3. The molecule has 17 heavy (non-hydrogen) atoms. The zero-order valence-corrected chi connectivity index (χ0v) is 10.7. The van der Waals surface area contributed by atoms with Gasteiger partial charge in [0.1, 0.15) is 6.04 Å². The van der Waals surface area contributed by atoms with Crippen molar-refractivity contribution in [1.82, 2.24) is 20.9 Å². The van der Waals surface area contributed by atoms with Crippen LogP contribution in [-0.4, -0.2) is 56.1 Å². The van der Waals surface area contributed by atoms with E-state index in [1.165, 1.54) is 0 Å². The molecule has 98 valence electrons. The van der Waals surface area contributed by atoms with Gasteiger partial charge in [-0.25, -0.2) is 4.79 Å². The summed E-state index contributed by atoms with van der Waals surface area (Å²) in [6.07, 6.45) is 0. The molecule has 6 nitrogen and oxygen atoms in total. The zero-order chi connectivity index (χ0) is 12.8. The Balaban J connectivity index is 2.62. The minimum Gasteiger partial charge on any atom is -0.341 e. The first-order valence-electron chi connectivity index (χ1n) is 6.04. The second-order valence-corrected chi connectivity index (χ2v) is 4.52. The molecule has 1 rings (SSSR count). The monoisotopic (exact) mass is 242 g/mol. The Morgan fingerprint density at radius 2 is 1.82 bits per heavy atom. The van der Waals surface area contributed by atoms with Gasteiger partial charge in [-0.2, -0.15) is 0 Å². The van der Waals surface area contributed by atoms with Crippen LogP contribution in [0.5, 0.6) is 0 Å². The maximum Gasteiger partial charge on any atom is 0.315 e. The third kappa shape index (κ3) is 3.89. The van der Waals surface area contributed by atoms with Gasteiger partial charge < -0.3 is 20.9 Å². The second-order valence-electron chi connectivity index (χ2n) is 4.52. The fourth-order valence-corrected chi connectivity index (χ4v) is 1.81. The van der Waals surface area contributed by atoms with Crippen molar-refractivity contribution in [3.63, 3.8) is 0 Å². The third-order valence-corrected chi connectivity index (χ3v) is 2.88. The number of urea groups is 1. The predicted molar refractivity (Wildman–Crippen MR) is 65.7 cm³/mol. The van der Waals surface area contributed by atoms with Gasteiger partial charge in [-0.3, -0.25) is 4.79 Å². The summed E-state index contributed by atoms with van der Waals surface area (Å²) in [5, 5.41) is 8.37. The molecule has 3 N–H and O–H groups in total. The number of carbonyl (C=O) groups is 2. The van der Waals surface area contributed by atoms with Crippen LogP contribution in [0.15, 0.2) is 0 Å². The summed E-state index contributed by atoms with van der Waals surface area (Å²) >= 11 is 0. The van der Waals surface area contributed by atoms with Crippen LogP contribution in [0, 0.1) is 5.92 Å². The quantitative estimate of drug-likeness (QED) is 0.617. The molecule has 1 aliphatic heterocycles. The molecule has 1 heterocycles. The molecule has 1 fully saturated rings. The van der Waals surface area contributed by atoms with Crippen molar-refractivity contribution in [2.24, 2.45) is 5.92 Å². The Morgan fingerprint density at radius 1 is 1.24 bits per heavy atom. The van der Waals surface area contributed by atoms with Gasteiger partial charge >= 0.3 is 6.03 Å². The Morgan fingerprint density at radius 3 is 2.29 bits per heavy atom. The van der Waals surface area contributed by atoms with Crippen LogP contribution in [0.4, 0.5) is 4.79 Å². The maximum absolute atomic E-state index is 12.2. The average Bonchev–Trinajstić information content (AvgIpc) is 2.35. The van der Waals surface area contributed by atoms with Crippen LogP contribution in [-0.2, 0) is 4.79 Å². The lowest BCUT2D eigenvalue weighted by atomic mass is 10.0. The van der Waals surface area contributed by atoms with Crippen LogP contribution < -0.4 is 16.0 Å². The normalized spacial score (nSPS) is 17.8. The number of carbonyl (C=O) groups excluding carboxylic acids is 2. The molecule has 3 amide bonds. The molecule has 0 spiro atoms. The average molecular weight is 242 g/mol. The fraction of sp³-hybridized carbons (Fsp3) is 0.818. The van der Waals surface area contributed by atoms with Crippen LogP contribution in [0.25, 0.3) is 0 Å². The van der Waals surface area contributed by atoms with Gasteiger partial charge in [-0.05, 0) is 5.92 Å². The van der Waals surface area contributed by atoms with E-state index in [0.717, 1.165) is 13.1 Å². The number of hydrogen-bond donors (Lipinski definition) is 3. The van der Waals surface area contributed by atoms with Crippen LogP contribution in [0.2, 0.25) is 0 Å². The summed E-state index contributed by atoms with van der Waals surface area (Å²) in [5.41, 5.74) is 0. The van der Waals surface area contributed by atoms with Crippen LogP contribution in [0.3, 0.4) is 0 Å². The standard InChI is InChI=1S/C11H22N4O2/c1-8(2)9(14-11(17)12-3)10(16)15-6-4-13-5-7-15/h8-9,13H,4-7H2,1-3H3,(H2,12,14,17). The molecule has 0 aromatic rings. The number of piperazine rings is 1. The highest BCUT2D eigenvalue weighted by Crippen LogP contribution is 2.07. The van der Waals surface area contributed by atoms with E-state index in [1.54, 1.807) is 11.9 Å². The van der Waals surface area contributed by atoms with E-state index in [9.17, 15) is 9.59 Å². The van der Waals surface area contributed by atoms with Crippen molar-refractivity contribution in [1.29, 1.82) is 0 Å². The summed E-state index contributed by atoms with van der Waals surface area (Å²) < 4.78 is 0. The van der Waals surface area contributed by atoms with E-state index < -0.39 is 6.04 Å². The summed E-state index contributed by atoms with van der Waals surface area (Å²) in [7, 11) is 1.54. The van der Waals surface area contributed by atoms with E-state index in [2.05, 4.69) is 16.0 Å². The molecular weight excluding hydrogens is 220 g/mol. The van der Waals surface area contributed by atoms with Crippen molar-refractivity contribution in [2.45, 2.75) is 19.9 Å². The number of hydrogen-bond acceptors (Lipinski definition) is 3. The topological polar surface area (TPSA) is 73.5 Å². The number of rotatable bonds is 3. The van der Waals surface area contributed by atoms with E-state index in [1.807, 2.05) is 13.8 Å². The highest BCUT2D eigenvalue weighted by atomic mass is 16.2. The predicted octanol–water partition coefficient (Wildman–Crippen LogP) is -0.628. The molecule has 0 bridgehead atoms. The van der Waals surface area contributed by atoms with Gasteiger partial charge in [-0.1, -0.05) is 13.8 Å². The van der Waals surface area contributed by atoms with Gasteiger partial charge in [-0.15, -0.1) is 0 Å². The first kappa shape index (κ1) is 13.8. The Bertz CT molecular complexity index is 275. The minimum absolute atomic E-state index is 0.00472. The second kappa shape index (κ2) is 6.44. The highest BCUT2D eigenvalue weighted by Gasteiger charge is 2.28. The van der Waals surface area contributed by atoms with E-state index in [0.29, 0.717) is 13.1 Å². The highest BCUT2D eigenvalue weighted by molar-refractivity contribution is 5.87. The van der Waals surface area contributed by atoms with Crippen molar-refractivity contribution >= 4 is 11.9 Å². The smallest absolute Gasteiger partial charge is 0.315 e. The zero-order valence-electron chi connectivity index (χ0n) is 10.7. The summed E-state index contributed by atoms with van der Waals surface area (Å²) in [6.45, 7) is 6.91. The summed E-state index contributed by atoms with van der Waals surface area (Å²) in [6, 6.07) is -0.764. The molecule has 0 aromatic carbocycles. The number of nitrogens with one attached hydrogen (secondary N) is 3. The molecular formula is C11H22N4O2. The lowest BCUT2D eigenvalue weighted by molar-refractivity contribution is -0.134. The van der Waals surface area contributed by atoms with Gasteiger partial charge in [0.25, 0.3) is 0 Å². The Labute approximate surface area is 102 Å². The SMILES string of the molecule is CNC(=O)NC(C(=O)N1CCNCC1)C(C)C. The van der Waals surface area contributed by atoms with E-state index >= 15 is 0 Å². The van der Waals surface area contributed by atoms with Gasteiger partial charge in [0.2, 0.25) is 5.91 Å². The summed E-state index contributed by atoms with van der Waals surface area (Å²) in [4.78, 5) is 25.4. The van der Waals surface area contributed by atoms with E-state index in [4.69, 9.17) is 0 Å². The Kier molecular flexibility index (Phi) is 5.21. The largest absolute Gasteiger partial charge is 0.341 e. The van der Waals surface area contributed by atoms with Gasteiger partial charge in [0.05, 0.1) is 0 Å². The van der Waals surface area contributed by atoms with Crippen LogP contribution >= 0.6 is 0 Å². The van der Waals surface area contributed by atoms with Crippen molar-refractivity contribution < 1.29 is 9.59 Å². The molecule has 1 atom stereocenters. The van der Waals surface area contributed by atoms with E-state index in [-0.39, 0.29) is 17.9 Å².